The summed E-state index contributed by atoms with van der Waals surface area (Å²) in [6.07, 6.45) is 0. The first-order chi connectivity index (χ1) is 17.9. The molecule has 4 rings (SSSR count). The SMILES string of the molecule is CCOc1cccc(C2/C(=C(\O)c3ccc(Cl)c(OCC)c3)C(=O)C(=O)N2c2cccc(OCC)c2)c1. The Hall–Kier alpha value is -3.97. The molecule has 37 heavy (non-hydrogen) atoms. The fourth-order valence-electron chi connectivity index (χ4n) is 4.32. The summed E-state index contributed by atoms with van der Waals surface area (Å²) in [6, 6.07) is 17.9. The number of nitrogens with zero attached hydrogens (tertiary/aromatic N) is 1. The standard InChI is InChI=1S/C29H28ClNO6/c1-4-35-21-11-7-9-18(15-21)26-25(27(32)19-13-14-23(30)24(16-19)37-6-3)28(33)29(34)31(26)20-10-8-12-22(17-20)36-5-2/h7-17,26,32H,4-6H2,1-3H3/b27-25+. The average molecular weight is 522 g/mol. The van der Waals surface area contributed by atoms with Crippen molar-refractivity contribution in [3.05, 3.63) is 88.5 Å². The molecule has 1 unspecified atom stereocenters. The van der Waals surface area contributed by atoms with Gasteiger partial charge in [-0.3, -0.25) is 14.5 Å². The van der Waals surface area contributed by atoms with Gasteiger partial charge in [0.05, 0.1) is 36.5 Å². The fraction of sp³-hybridized carbons (Fsp3) is 0.241. The molecule has 1 aliphatic heterocycles. The van der Waals surface area contributed by atoms with Crippen molar-refractivity contribution in [1.29, 1.82) is 0 Å². The molecule has 0 aromatic heterocycles. The molecule has 1 atom stereocenters. The van der Waals surface area contributed by atoms with Crippen LogP contribution in [-0.2, 0) is 9.59 Å². The molecule has 0 aliphatic carbocycles. The first-order valence-electron chi connectivity index (χ1n) is 12.1. The highest BCUT2D eigenvalue weighted by Crippen LogP contribution is 2.44. The van der Waals surface area contributed by atoms with Gasteiger partial charge in [-0.2, -0.15) is 0 Å². The highest BCUT2D eigenvalue weighted by atomic mass is 35.5. The number of anilines is 1. The molecular formula is C29H28ClNO6. The zero-order valence-corrected chi connectivity index (χ0v) is 21.6. The lowest BCUT2D eigenvalue weighted by molar-refractivity contribution is -0.132. The maximum absolute atomic E-state index is 13.5. The number of ketones is 1. The number of halogens is 1. The van der Waals surface area contributed by atoms with Gasteiger partial charge in [0.25, 0.3) is 11.7 Å². The molecule has 1 fully saturated rings. The second-order valence-corrected chi connectivity index (χ2v) is 8.59. The third-order valence-corrected chi connectivity index (χ3v) is 6.15. The first-order valence-corrected chi connectivity index (χ1v) is 12.5. The van der Waals surface area contributed by atoms with E-state index in [-0.39, 0.29) is 11.3 Å². The number of amides is 1. The van der Waals surface area contributed by atoms with Gasteiger partial charge in [-0.1, -0.05) is 29.8 Å². The van der Waals surface area contributed by atoms with Crippen LogP contribution in [0.4, 0.5) is 5.69 Å². The number of Topliss-reactive ketones (excluding diaryl/α,β-unsaturated/α-hetero) is 1. The van der Waals surface area contributed by atoms with Gasteiger partial charge in [0, 0.05) is 17.3 Å². The second-order valence-electron chi connectivity index (χ2n) is 8.18. The van der Waals surface area contributed by atoms with Crippen molar-refractivity contribution in [2.75, 3.05) is 24.7 Å². The largest absolute Gasteiger partial charge is 0.507 e. The molecule has 0 radical (unpaired) electrons. The van der Waals surface area contributed by atoms with Crippen molar-refractivity contribution in [3.8, 4) is 17.2 Å². The van der Waals surface area contributed by atoms with Gasteiger partial charge in [0.1, 0.15) is 23.0 Å². The molecule has 0 bridgehead atoms. The molecule has 0 saturated carbocycles. The van der Waals surface area contributed by atoms with Crippen LogP contribution in [0.15, 0.2) is 72.3 Å². The molecule has 1 heterocycles. The van der Waals surface area contributed by atoms with E-state index >= 15 is 0 Å². The van der Waals surface area contributed by atoms with Gasteiger partial charge in [-0.25, -0.2) is 0 Å². The summed E-state index contributed by atoms with van der Waals surface area (Å²) in [5, 5.41) is 11.8. The maximum Gasteiger partial charge on any atom is 0.300 e. The van der Waals surface area contributed by atoms with E-state index in [4.69, 9.17) is 25.8 Å². The summed E-state index contributed by atoms with van der Waals surface area (Å²) in [4.78, 5) is 28.3. The lowest BCUT2D eigenvalue weighted by atomic mass is 9.95. The first kappa shape index (κ1) is 26.1. The maximum atomic E-state index is 13.5. The van der Waals surface area contributed by atoms with Gasteiger partial charge < -0.3 is 19.3 Å². The number of carbonyl (C=O) groups is 2. The summed E-state index contributed by atoms with van der Waals surface area (Å²) in [5.74, 6) is -0.394. The number of hydrogen-bond acceptors (Lipinski definition) is 6. The van der Waals surface area contributed by atoms with Crippen molar-refractivity contribution in [2.45, 2.75) is 26.8 Å². The fourth-order valence-corrected chi connectivity index (χ4v) is 4.49. The molecule has 3 aromatic rings. The number of hydrogen-bond donors (Lipinski definition) is 1. The summed E-state index contributed by atoms with van der Waals surface area (Å²) in [5.41, 5.74) is 1.32. The number of carbonyl (C=O) groups excluding carboxylic acids is 2. The minimum absolute atomic E-state index is 0.0507. The summed E-state index contributed by atoms with van der Waals surface area (Å²) >= 11 is 6.23. The molecule has 3 aromatic carbocycles. The van der Waals surface area contributed by atoms with Crippen molar-refractivity contribution >= 4 is 34.7 Å². The lowest BCUT2D eigenvalue weighted by Crippen LogP contribution is -2.29. The van der Waals surface area contributed by atoms with Gasteiger partial charge >= 0.3 is 0 Å². The Kier molecular flexibility index (Phi) is 8.04. The second kappa shape index (κ2) is 11.4. The summed E-state index contributed by atoms with van der Waals surface area (Å²) in [7, 11) is 0. The predicted molar refractivity (Wildman–Crippen MR) is 143 cm³/mol. The van der Waals surface area contributed by atoms with Crippen LogP contribution >= 0.6 is 11.6 Å². The molecule has 192 valence electrons. The van der Waals surface area contributed by atoms with Crippen molar-refractivity contribution in [2.24, 2.45) is 0 Å². The van der Waals surface area contributed by atoms with Crippen LogP contribution in [-0.4, -0.2) is 36.6 Å². The Balaban J connectivity index is 1.93. The molecule has 1 aliphatic rings. The Labute approximate surface area is 220 Å². The number of benzene rings is 3. The van der Waals surface area contributed by atoms with Crippen LogP contribution in [0.5, 0.6) is 17.2 Å². The zero-order chi connectivity index (χ0) is 26.5. The van der Waals surface area contributed by atoms with Crippen LogP contribution in [0.25, 0.3) is 5.76 Å². The van der Waals surface area contributed by atoms with Crippen LogP contribution in [0.1, 0.15) is 37.9 Å². The van der Waals surface area contributed by atoms with E-state index < -0.39 is 17.7 Å². The van der Waals surface area contributed by atoms with Gasteiger partial charge in [0.15, 0.2) is 0 Å². The van der Waals surface area contributed by atoms with E-state index in [1.54, 1.807) is 66.7 Å². The van der Waals surface area contributed by atoms with Crippen LogP contribution in [0.3, 0.4) is 0 Å². The van der Waals surface area contributed by atoms with Crippen LogP contribution < -0.4 is 19.1 Å². The van der Waals surface area contributed by atoms with E-state index in [0.717, 1.165) is 0 Å². The zero-order valence-electron chi connectivity index (χ0n) is 20.9. The minimum atomic E-state index is -0.913. The Bertz CT molecular complexity index is 1350. The average Bonchev–Trinajstić information content (AvgIpc) is 3.16. The molecule has 8 heteroatoms. The number of rotatable bonds is 9. The monoisotopic (exact) mass is 521 g/mol. The van der Waals surface area contributed by atoms with E-state index in [2.05, 4.69) is 0 Å². The molecule has 1 N–H and O–H groups in total. The Morgan fingerprint density at radius 3 is 2.19 bits per heavy atom. The quantitative estimate of drug-likeness (QED) is 0.206. The molecule has 1 amide bonds. The van der Waals surface area contributed by atoms with E-state index in [1.165, 1.54) is 4.90 Å². The van der Waals surface area contributed by atoms with E-state index in [1.807, 2.05) is 20.8 Å². The smallest absolute Gasteiger partial charge is 0.300 e. The highest BCUT2D eigenvalue weighted by Gasteiger charge is 2.47. The molecule has 0 spiro atoms. The predicted octanol–water partition coefficient (Wildman–Crippen LogP) is 6.16. The Morgan fingerprint density at radius 2 is 1.51 bits per heavy atom. The lowest BCUT2D eigenvalue weighted by Gasteiger charge is -2.26. The molecule has 1 saturated heterocycles. The van der Waals surface area contributed by atoms with Gasteiger partial charge in [0.2, 0.25) is 0 Å². The third-order valence-electron chi connectivity index (χ3n) is 5.84. The highest BCUT2D eigenvalue weighted by molar-refractivity contribution is 6.51. The van der Waals surface area contributed by atoms with Gasteiger partial charge in [-0.15, -0.1) is 0 Å². The third kappa shape index (κ3) is 5.27. The van der Waals surface area contributed by atoms with Gasteiger partial charge in [-0.05, 0) is 68.8 Å². The summed E-state index contributed by atoms with van der Waals surface area (Å²) < 4.78 is 16.9. The number of aliphatic hydroxyl groups excluding tert-OH is 1. The topological polar surface area (TPSA) is 85.3 Å². The molecule has 7 nitrogen and oxygen atoms in total. The van der Waals surface area contributed by atoms with Crippen LogP contribution in [0.2, 0.25) is 5.02 Å². The molecular weight excluding hydrogens is 494 g/mol. The van der Waals surface area contributed by atoms with E-state index in [0.29, 0.717) is 58.9 Å². The summed E-state index contributed by atoms with van der Waals surface area (Å²) in [6.45, 7) is 6.81. The Morgan fingerprint density at radius 1 is 0.865 bits per heavy atom. The number of aliphatic hydroxyl groups is 1. The van der Waals surface area contributed by atoms with Crippen LogP contribution in [0, 0.1) is 0 Å². The van der Waals surface area contributed by atoms with Crippen molar-refractivity contribution in [1.82, 2.24) is 0 Å². The van der Waals surface area contributed by atoms with E-state index in [9.17, 15) is 14.7 Å². The number of ether oxygens (including phenoxy) is 3. The van der Waals surface area contributed by atoms with Crippen molar-refractivity contribution in [3.63, 3.8) is 0 Å². The normalized spacial score (nSPS) is 16.6. The minimum Gasteiger partial charge on any atom is -0.507 e. The van der Waals surface area contributed by atoms with Crippen molar-refractivity contribution < 1.29 is 28.9 Å².